The lowest BCUT2D eigenvalue weighted by Crippen LogP contribution is -2.39. The van der Waals surface area contributed by atoms with E-state index in [1.807, 2.05) is 0 Å². The molecule has 1 aliphatic rings. The average molecular weight is 325 g/mol. The van der Waals surface area contributed by atoms with Crippen molar-refractivity contribution in [2.45, 2.75) is 30.6 Å². The average Bonchev–Trinajstić information content (AvgIpc) is 2.94. The van der Waals surface area contributed by atoms with Crippen molar-refractivity contribution in [2.75, 3.05) is 13.1 Å². The highest BCUT2D eigenvalue weighted by atomic mass is 32.2. The summed E-state index contributed by atoms with van der Waals surface area (Å²) in [5.74, 6) is 0.437. The molecule has 1 atom stereocenters. The van der Waals surface area contributed by atoms with Crippen LogP contribution in [0.15, 0.2) is 33.7 Å². The van der Waals surface area contributed by atoms with Gasteiger partial charge in [-0.25, -0.2) is 12.8 Å². The second-order valence-electron chi connectivity index (χ2n) is 5.34. The van der Waals surface area contributed by atoms with E-state index in [0.717, 1.165) is 18.6 Å². The van der Waals surface area contributed by atoms with E-state index in [1.165, 1.54) is 16.4 Å². The van der Waals surface area contributed by atoms with Crippen LogP contribution < -0.4 is 0 Å². The fraction of sp³-hybridized carbons (Fsp3) is 0.429. The summed E-state index contributed by atoms with van der Waals surface area (Å²) < 4.78 is 44.8. The number of benzene rings is 1. The number of hydrogen-bond donors (Lipinski definition) is 0. The first-order valence-electron chi connectivity index (χ1n) is 7.03. The van der Waals surface area contributed by atoms with Crippen molar-refractivity contribution in [3.05, 3.63) is 41.8 Å². The van der Waals surface area contributed by atoms with Crippen LogP contribution in [0.1, 0.15) is 30.5 Å². The summed E-state index contributed by atoms with van der Waals surface area (Å²) in [5.41, 5.74) is 0. The molecule has 1 saturated heterocycles. The van der Waals surface area contributed by atoms with Gasteiger partial charge in [0.25, 0.3) is 0 Å². The van der Waals surface area contributed by atoms with Crippen molar-refractivity contribution in [3.8, 4) is 0 Å². The first kappa shape index (κ1) is 15.1. The first-order valence-corrected chi connectivity index (χ1v) is 8.47. The zero-order valence-corrected chi connectivity index (χ0v) is 12.9. The van der Waals surface area contributed by atoms with Gasteiger partial charge in [-0.1, -0.05) is 5.16 Å². The molecule has 2 aromatic rings. The molecule has 1 aliphatic heterocycles. The highest BCUT2D eigenvalue weighted by Crippen LogP contribution is 2.29. The van der Waals surface area contributed by atoms with E-state index < -0.39 is 15.8 Å². The minimum atomic E-state index is -3.64. The van der Waals surface area contributed by atoms with E-state index in [9.17, 15) is 12.8 Å². The van der Waals surface area contributed by atoms with Gasteiger partial charge in [0.1, 0.15) is 5.82 Å². The fourth-order valence-corrected chi connectivity index (χ4v) is 4.12. The molecule has 0 N–H and O–H groups in total. The second-order valence-corrected chi connectivity index (χ2v) is 7.27. The molecule has 1 aromatic carbocycles. The van der Waals surface area contributed by atoms with Gasteiger partial charge in [0.2, 0.25) is 15.9 Å². The zero-order chi connectivity index (χ0) is 15.7. The number of sulfonamides is 1. The Balaban J connectivity index is 1.83. The minimum absolute atomic E-state index is 0.0938. The molecule has 8 heteroatoms. The van der Waals surface area contributed by atoms with Crippen LogP contribution in [0, 0.1) is 12.7 Å². The number of aryl methyl sites for hydroxylation is 1. The Kier molecular flexibility index (Phi) is 3.96. The van der Waals surface area contributed by atoms with E-state index in [-0.39, 0.29) is 10.8 Å². The van der Waals surface area contributed by atoms with E-state index in [2.05, 4.69) is 10.1 Å². The van der Waals surface area contributed by atoms with Gasteiger partial charge in [0.15, 0.2) is 5.82 Å². The van der Waals surface area contributed by atoms with Crippen LogP contribution in [0.5, 0.6) is 0 Å². The summed E-state index contributed by atoms with van der Waals surface area (Å²) in [6.45, 7) is 2.45. The normalized spacial score (nSPS) is 20.2. The maximum absolute atomic E-state index is 13.0. The molecule has 0 radical (unpaired) electrons. The Bertz CT molecular complexity index is 758. The molecule has 0 bridgehead atoms. The molecule has 0 aliphatic carbocycles. The summed E-state index contributed by atoms with van der Waals surface area (Å²) in [4.78, 5) is 4.28. The van der Waals surface area contributed by atoms with Gasteiger partial charge in [0.05, 0.1) is 10.8 Å². The van der Waals surface area contributed by atoms with Crippen molar-refractivity contribution in [3.63, 3.8) is 0 Å². The SMILES string of the molecule is Cc1noc(C2CCCN(S(=O)(=O)c3ccc(F)cc3)C2)n1. The molecule has 118 valence electrons. The third-order valence-electron chi connectivity index (χ3n) is 3.73. The predicted octanol–water partition coefficient (Wildman–Crippen LogP) is 2.09. The minimum Gasteiger partial charge on any atom is -0.339 e. The predicted molar refractivity (Wildman–Crippen MR) is 76.2 cm³/mol. The lowest BCUT2D eigenvalue weighted by molar-refractivity contribution is 0.265. The molecule has 0 amide bonds. The summed E-state index contributed by atoms with van der Waals surface area (Å²) >= 11 is 0. The van der Waals surface area contributed by atoms with Gasteiger partial charge in [-0.15, -0.1) is 0 Å². The summed E-state index contributed by atoms with van der Waals surface area (Å²) in [6.07, 6.45) is 1.52. The first-order chi connectivity index (χ1) is 10.5. The molecule has 0 spiro atoms. The largest absolute Gasteiger partial charge is 0.339 e. The molecule has 1 fully saturated rings. The number of nitrogens with zero attached hydrogens (tertiary/aromatic N) is 3. The maximum Gasteiger partial charge on any atom is 0.243 e. The van der Waals surface area contributed by atoms with Crippen LogP contribution in [0.3, 0.4) is 0 Å². The van der Waals surface area contributed by atoms with E-state index in [4.69, 9.17) is 4.52 Å². The van der Waals surface area contributed by atoms with Gasteiger partial charge < -0.3 is 4.52 Å². The van der Waals surface area contributed by atoms with Crippen LogP contribution >= 0.6 is 0 Å². The monoisotopic (exact) mass is 325 g/mol. The molecule has 6 nitrogen and oxygen atoms in total. The van der Waals surface area contributed by atoms with E-state index in [0.29, 0.717) is 31.2 Å². The van der Waals surface area contributed by atoms with Gasteiger partial charge in [-0.3, -0.25) is 0 Å². The molecule has 1 unspecified atom stereocenters. The van der Waals surface area contributed by atoms with Gasteiger partial charge in [0, 0.05) is 13.1 Å². The van der Waals surface area contributed by atoms with Crippen molar-refractivity contribution in [1.82, 2.24) is 14.4 Å². The van der Waals surface area contributed by atoms with E-state index >= 15 is 0 Å². The molecule has 0 saturated carbocycles. The number of rotatable bonds is 3. The third-order valence-corrected chi connectivity index (χ3v) is 5.61. The summed E-state index contributed by atoms with van der Waals surface area (Å²) in [6, 6.07) is 4.86. The molecule has 2 heterocycles. The van der Waals surface area contributed by atoms with Crippen LogP contribution in [0.25, 0.3) is 0 Å². The van der Waals surface area contributed by atoms with Crippen molar-refractivity contribution >= 4 is 10.0 Å². The van der Waals surface area contributed by atoms with Crippen molar-refractivity contribution in [1.29, 1.82) is 0 Å². The Morgan fingerprint density at radius 2 is 2.05 bits per heavy atom. The number of hydrogen-bond acceptors (Lipinski definition) is 5. The molecule has 1 aromatic heterocycles. The number of aromatic nitrogens is 2. The highest BCUT2D eigenvalue weighted by molar-refractivity contribution is 7.89. The quantitative estimate of drug-likeness (QED) is 0.863. The van der Waals surface area contributed by atoms with Gasteiger partial charge in [-0.05, 0) is 44.0 Å². The number of piperidine rings is 1. The Morgan fingerprint density at radius 3 is 2.68 bits per heavy atom. The Labute approximate surface area is 128 Å². The van der Waals surface area contributed by atoms with Gasteiger partial charge in [-0.2, -0.15) is 9.29 Å². The zero-order valence-electron chi connectivity index (χ0n) is 12.1. The lowest BCUT2D eigenvalue weighted by Gasteiger charge is -2.30. The molecule has 22 heavy (non-hydrogen) atoms. The number of halogens is 1. The van der Waals surface area contributed by atoms with Crippen LogP contribution in [0.2, 0.25) is 0 Å². The van der Waals surface area contributed by atoms with E-state index in [1.54, 1.807) is 6.92 Å². The molecular formula is C14H16FN3O3S. The summed E-state index contributed by atoms with van der Waals surface area (Å²) in [5, 5.41) is 3.75. The fourth-order valence-electron chi connectivity index (χ4n) is 2.60. The topological polar surface area (TPSA) is 76.3 Å². The maximum atomic E-state index is 13.0. The second kappa shape index (κ2) is 5.77. The van der Waals surface area contributed by atoms with Crippen LogP contribution in [-0.2, 0) is 10.0 Å². The Morgan fingerprint density at radius 1 is 1.32 bits per heavy atom. The van der Waals surface area contributed by atoms with Crippen molar-refractivity contribution in [2.24, 2.45) is 0 Å². The standard InChI is InChI=1S/C14H16FN3O3S/c1-10-16-14(21-17-10)11-3-2-8-18(9-11)22(19,20)13-6-4-12(15)5-7-13/h4-7,11H,2-3,8-9H2,1H3. The molecule has 3 rings (SSSR count). The molecular weight excluding hydrogens is 309 g/mol. The van der Waals surface area contributed by atoms with Crippen LogP contribution in [-0.4, -0.2) is 36.0 Å². The van der Waals surface area contributed by atoms with Gasteiger partial charge >= 0.3 is 0 Å². The van der Waals surface area contributed by atoms with Crippen molar-refractivity contribution < 1.29 is 17.3 Å². The lowest BCUT2D eigenvalue weighted by atomic mass is 10.00. The Hall–Kier alpha value is -1.80. The highest BCUT2D eigenvalue weighted by Gasteiger charge is 2.33. The third kappa shape index (κ3) is 2.89. The van der Waals surface area contributed by atoms with Crippen LogP contribution in [0.4, 0.5) is 4.39 Å². The smallest absolute Gasteiger partial charge is 0.243 e. The summed E-state index contributed by atoms with van der Waals surface area (Å²) in [7, 11) is -3.64.